The lowest BCUT2D eigenvalue weighted by Crippen LogP contribution is -2.51. The average Bonchev–Trinajstić information content (AvgIpc) is 3.79. The zero-order valence-corrected chi connectivity index (χ0v) is 30.8. The summed E-state index contributed by atoms with van der Waals surface area (Å²) in [7, 11) is 3.45. The highest BCUT2D eigenvalue weighted by molar-refractivity contribution is 14.1. The summed E-state index contributed by atoms with van der Waals surface area (Å²) in [5, 5.41) is 14.0. The molecule has 3 aliphatic rings. The van der Waals surface area contributed by atoms with Crippen LogP contribution in [0.2, 0.25) is 0 Å². The maximum absolute atomic E-state index is 13.0. The topological polar surface area (TPSA) is 147 Å². The molecule has 2 N–H and O–H groups in total. The highest BCUT2D eigenvalue weighted by Crippen LogP contribution is 2.43. The van der Waals surface area contributed by atoms with E-state index in [9.17, 15) is 24.3 Å². The van der Waals surface area contributed by atoms with Gasteiger partial charge < -0.3 is 39.2 Å². The molecule has 3 fully saturated rings. The number of aliphatic hydroxyl groups excluding tert-OH is 1. The Labute approximate surface area is 292 Å². The first-order valence-electron chi connectivity index (χ1n) is 16.3. The van der Waals surface area contributed by atoms with Crippen molar-refractivity contribution >= 4 is 46.3 Å². The fourth-order valence-corrected chi connectivity index (χ4v) is 6.47. The number of esters is 1. The molecule has 0 aromatic rings. The molecule has 0 saturated carbocycles. The van der Waals surface area contributed by atoms with Gasteiger partial charge in [0.2, 0.25) is 17.7 Å². The third-order valence-electron chi connectivity index (χ3n) is 9.06. The molecule has 0 aliphatic carbocycles. The summed E-state index contributed by atoms with van der Waals surface area (Å²) in [5.74, 6) is -0.521. The van der Waals surface area contributed by atoms with Gasteiger partial charge in [-0.2, -0.15) is 0 Å². The zero-order valence-electron chi connectivity index (χ0n) is 28.6. The molecule has 3 amide bonds. The minimum Gasteiger partial charge on any atom is -0.459 e. The van der Waals surface area contributed by atoms with Gasteiger partial charge in [0.15, 0.2) is 0 Å². The molecule has 3 saturated heterocycles. The minimum absolute atomic E-state index is 0.0200. The lowest BCUT2D eigenvalue weighted by Gasteiger charge is -2.39. The Bertz CT molecular complexity index is 1200. The standard InChI is InChI=1S/C34H52IN3O9/c1-21(8-11-28-22(2)16-27(24(4)46-28)36-30(40)13-10-23(3)45-25(5)39)9-12-29-33(43)34(20-44-34)18-26(47-29)17-31(41)37(6)14-15-38(7)32(42)19-35/h8-10,12-13,22-24,26-29,33,43H,11,14-20H2,1-7H3,(H,36,40)/t22-,23?,24+,26+,27+,28-,29+,33+,34+/m0/s1. The Morgan fingerprint density at radius 3 is 2.36 bits per heavy atom. The van der Waals surface area contributed by atoms with E-state index >= 15 is 0 Å². The Balaban J connectivity index is 1.50. The fourth-order valence-electron chi connectivity index (χ4n) is 5.89. The van der Waals surface area contributed by atoms with Crippen LogP contribution < -0.4 is 5.32 Å². The van der Waals surface area contributed by atoms with Crippen molar-refractivity contribution in [2.75, 3.05) is 38.2 Å². The first-order chi connectivity index (χ1) is 22.1. The van der Waals surface area contributed by atoms with Gasteiger partial charge in [0, 0.05) is 46.6 Å². The van der Waals surface area contributed by atoms with Crippen molar-refractivity contribution in [2.45, 2.75) is 109 Å². The number of nitrogens with one attached hydrogen (secondary N) is 1. The molecule has 3 aliphatic heterocycles. The Morgan fingerprint density at radius 2 is 1.74 bits per heavy atom. The van der Waals surface area contributed by atoms with Crippen LogP contribution >= 0.6 is 22.6 Å². The van der Waals surface area contributed by atoms with E-state index in [1.165, 1.54) is 13.0 Å². The number of likely N-dealkylation sites (N-methyl/N-ethyl adjacent to an activating group) is 2. The van der Waals surface area contributed by atoms with Crippen LogP contribution in [0.3, 0.4) is 0 Å². The molecule has 264 valence electrons. The van der Waals surface area contributed by atoms with Crippen LogP contribution in [0.25, 0.3) is 0 Å². The third-order valence-corrected chi connectivity index (χ3v) is 9.72. The second kappa shape index (κ2) is 17.9. The molecule has 47 heavy (non-hydrogen) atoms. The monoisotopic (exact) mass is 773 g/mol. The van der Waals surface area contributed by atoms with Gasteiger partial charge in [-0.05, 0) is 45.6 Å². The van der Waals surface area contributed by atoms with E-state index in [0.29, 0.717) is 37.0 Å². The number of nitrogens with zero attached hydrogens (tertiary/aromatic N) is 2. The van der Waals surface area contributed by atoms with Gasteiger partial charge in [-0.25, -0.2) is 0 Å². The molecule has 13 heteroatoms. The minimum atomic E-state index is -0.835. The van der Waals surface area contributed by atoms with Crippen LogP contribution in [0.5, 0.6) is 0 Å². The van der Waals surface area contributed by atoms with E-state index in [1.807, 2.05) is 48.6 Å². The molecule has 0 aromatic heterocycles. The number of allylic oxidation sites excluding steroid dienone is 2. The molecule has 3 heterocycles. The fraction of sp³-hybridized carbons (Fsp3) is 0.706. The molecule has 0 radical (unpaired) electrons. The maximum atomic E-state index is 13.0. The number of rotatable bonds is 14. The lowest BCUT2D eigenvalue weighted by molar-refractivity contribution is -0.150. The second-order valence-electron chi connectivity index (χ2n) is 13.1. The van der Waals surface area contributed by atoms with Crippen molar-refractivity contribution in [1.82, 2.24) is 15.1 Å². The number of halogens is 1. The normalized spacial score (nSPS) is 31.5. The highest BCUT2D eigenvalue weighted by Gasteiger charge is 2.58. The van der Waals surface area contributed by atoms with E-state index in [-0.39, 0.29) is 48.3 Å². The van der Waals surface area contributed by atoms with E-state index in [4.69, 9.17) is 18.9 Å². The number of hydrogen-bond acceptors (Lipinski definition) is 9. The summed E-state index contributed by atoms with van der Waals surface area (Å²) < 4.78 is 23.6. The number of ether oxygens (including phenoxy) is 4. The number of carbonyl (C=O) groups is 4. The first kappa shape index (κ1) is 39.1. The number of alkyl halides is 1. The maximum Gasteiger partial charge on any atom is 0.303 e. The molecule has 0 bridgehead atoms. The van der Waals surface area contributed by atoms with Gasteiger partial charge in [-0.1, -0.05) is 53.3 Å². The lowest BCUT2D eigenvalue weighted by atomic mass is 9.87. The molecule has 3 rings (SSSR count). The van der Waals surface area contributed by atoms with Crippen molar-refractivity contribution in [3.63, 3.8) is 0 Å². The summed E-state index contributed by atoms with van der Waals surface area (Å²) >= 11 is 2.03. The number of epoxide rings is 1. The number of amides is 3. The van der Waals surface area contributed by atoms with Crippen LogP contribution in [0.4, 0.5) is 0 Å². The van der Waals surface area contributed by atoms with E-state index in [2.05, 4.69) is 18.3 Å². The van der Waals surface area contributed by atoms with Crippen LogP contribution in [0, 0.1) is 5.92 Å². The Morgan fingerprint density at radius 1 is 1.09 bits per heavy atom. The van der Waals surface area contributed by atoms with Gasteiger partial charge in [-0.15, -0.1) is 0 Å². The smallest absolute Gasteiger partial charge is 0.303 e. The Hall–Kier alpha value is -2.33. The average molecular weight is 774 g/mol. The molecule has 1 unspecified atom stereocenters. The summed E-state index contributed by atoms with van der Waals surface area (Å²) in [6.45, 7) is 10.4. The summed E-state index contributed by atoms with van der Waals surface area (Å²) in [4.78, 5) is 51.5. The SMILES string of the molecule is CC(=O)OC(C)C=CC(=O)N[C@@H]1C[C@H](C)[C@H](CC=C(C)C=C[C@H]2O[C@H](CC(=O)N(C)CCN(C)C(=O)CI)C[C@@]3(CO3)[C@@H]2O)O[C@@H]1C. The third kappa shape index (κ3) is 11.9. The van der Waals surface area contributed by atoms with Crippen molar-refractivity contribution in [3.8, 4) is 0 Å². The second-order valence-corrected chi connectivity index (χ2v) is 13.9. The predicted octanol–water partition coefficient (Wildman–Crippen LogP) is 2.71. The van der Waals surface area contributed by atoms with Crippen molar-refractivity contribution in [3.05, 3.63) is 36.0 Å². The van der Waals surface area contributed by atoms with Gasteiger partial charge in [-0.3, -0.25) is 19.2 Å². The highest BCUT2D eigenvalue weighted by atomic mass is 127. The van der Waals surface area contributed by atoms with Gasteiger partial charge in [0.05, 0.1) is 41.8 Å². The summed E-state index contributed by atoms with van der Waals surface area (Å²) in [6.07, 6.45) is 8.30. The first-order valence-corrected chi connectivity index (χ1v) is 17.8. The molecule has 1 spiro atoms. The summed E-state index contributed by atoms with van der Waals surface area (Å²) in [5.41, 5.74) is 0.297. The van der Waals surface area contributed by atoms with Crippen LogP contribution in [-0.2, 0) is 38.1 Å². The Kier molecular flexibility index (Phi) is 14.9. The molecule has 0 aromatic carbocycles. The van der Waals surface area contributed by atoms with Crippen molar-refractivity contribution in [2.24, 2.45) is 5.92 Å². The van der Waals surface area contributed by atoms with E-state index < -0.39 is 36.0 Å². The predicted molar refractivity (Wildman–Crippen MR) is 185 cm³/mol. The number of hydrogen-bond donors (Lipinski definition) is 2. The number of aliphatic hydroxyl groups is 1. The number of carbonyl (C=O) groups excluding carboxylic acids is 4. The van der Waals surface area contributed by atoms with Crippen LogP contribution in [0.1, 0.15) is 60.3 Å². The van der Waals surface area contributed by atoms with Gasteiger partial charge >= 0.3 is 5.97 Å². The molecular weight excluding hydrogens is 721 g/mol. The quantitative estimate of drug-likeness (QED) is 0.0680. The van der Waals surface area contributed by atoms with E-state index in [0.717, 1.165) is 12.0 Å². The van der Waals surface area contributed by atoms with Crippen molar-refractivity contribution in [1.29, 1.82) is 0 Å². The molecular formula is C34H52IN3O9. The van der Waals surface area contributed by atoms with E-state index in [1.54, 1.807) is 36.9 Å². The summed E-state index contributed by atoms with van der Waals surface area (Å²) in [6, 6.07) is -0.139. The van der Waals surface area contributed by atoms with Crippen LogP contribution in [0.15, 0.2) is 36.0 Å². The van der Waals surface area contributed by atoms with Crippen LogP contribution in [-0.4, -0.2) is 125 Å². The molecule has 12 nitrogen and oxygen atoms in total. The zero-order chi connectivity index (χ0) is 34.9. The van der Waals surface area contributed by atoms with Gasteiger partial charge in [0.1, 0.15) is 23.9 Å². The largest absolute Gasteiger partial charge is 0.459 e. The van der Waals surface area contributed by atoms with Gasteiger partial charge in [0.25, 0.3) is 0 Å². The molecule has 9 atom stereocenters. The van der Waals surface area contributed by atoms with Crippen molar-refractivity contribution < 1.29 is 43.2 Å².